The van der Waals surface area contributed by atoms with Crippen molar-refractivity contribution in [2.75, 3.05) is 20.3 Å². The van der Waals surface area contributed by atoms with Crippen LogP contribution in [0.3, 0.4) is 0 Å². The van der Waals surface area contributed by atoms with E-state index >= 15 is 0 Å². The number of rotatable bonds is 7. The lowest BCUT2D eigenvalue weighted by Gasteiger charge is -2.13. The fourth-order valence-electron chi connectivity index (χ4n) is 2.16. The summed E-state index contributed by atoms with van der Waals surface area (Å²) in [4.78, 5) is 24.3. The van der Waals surface area contributed by atoms with E-state index in [2.05, 4.69) is 10.4 Å². The van der Waals surface area contributed by atoms with Crippen molar-refractivity contribution in [1.82, 2.24) is 15.1 Å². The zero-order chi connectivity index (χ0) is 18.4. The minimum absolute atomic E-state index is 0.140. The molecule has 0 aliphatic rings. The molecule has 0 aliphatic carbocycles. The summed E-state index contributed by atoms with van der Waals surface area (Å²) >= 11 is 6.31. The Hall–Kier alpha value is -2.38. The first kappa shape index (κ1) is 19.0. The van der Waals surface area contributed by atoms with Crippen LogP contribution in [0, 0.1) is 6.92 Å². The number of benzene rings is 1. The number of carbonyl (C=O) groups is 2. The fraction of sp³-hybridized carbons (Fsp3) is 0.353. The smallest absolute Gasteiger partial charge is 0.344 e. The number of amides is 1. The van der Waals surface area contributed by atoms with Gasteiger partial charge in [-0.3, -0.25) is 4.79 Å². The lowest BCUT2D eigenvalue weighted by molar-refractivity contribution is -0.129. The van der Waals surface area contributed by atoms with Crippen LogP contribution in [0.25, 0.3) is 5.69 Å². The highest BCUT2D eigenvalue weighted by atomic mass is 35.5. The number of hydrogen-bond acceptors (Lipinski definition) is 5. The third-order valence-electron chi connectivity index (χ3n) is 3.47. The zero-order valence-corrected chi connectivity index (χ0v) is 15.0. The van der Waals surface area contributed by atoms with E-state index in [1.807, 2.05) is 30.3 Å². The fourth-order valence-corrected chi connectivity index (χ4v) is 2.51. The molecule has 0 fully saturated rings. The molecule has 8 heteroatoms. The van der Waals surface area contributed by atoms with Gasteiger partial charge in [-0.2, -0.15) is 5.10 Å². The number of nitrogens with zero attached hydrogens (tertiary/aromatic N) is 2. The Morgan fingerprint density at radius 1 is 1.32 bits per heavy atom. The maximum atomic E-state index is 12.4. The summed E-state index contributed by atoms with van der Waals surface area (Å²) in [5.74, 6) is -1.10. The van der Waals surface area contributed by atoms with Crippen molar-refractivity contribution >= 4 is 23.5 Å². The van der Waals surface area contributed by atoms with Crippen molar-refractivity contribution in [3.8, 4) is 5.69 Å². The van der Waals surface area contributed by atoms with Crippen LogP contribution in [0.15, 0.2) is 30.3 Å². The third-order valence-corrected chi connectivity index (χ3v) is 3.82. The molecule has 1 aromatic heterocycles. The Morgan fingerprint density at radius 3 is 2.64 bits per heavy atom. The number of hydrogen-bond donors (Lipinski definition) is 1. The monoisotopic (exact) mass is 365 g/mol. The van der Waals surface area contributed by atoms with Crippen molar-refractivity contribution in [2.45, 2.75) is 20.0 Å². The molecule has 0 aliphatic heterocycles. The molecule has 2 rings (SSSR count). The van der Waals surface area contributed by atoms with Crippen LogP contribution < -0.4 is 5.32 Å². The number of aryl methyl sites for hydroxylation is 1. The maximum Gasteiger partial charge on any atom is 0.344 e. The van der Waals surface area contributed by atoms with Crippen molar-refractivity contribution in [3.63, 3.8) is 0 Å². The second-order valence-corrected chi connectivity index (χ2v) is 5.69. The van der Waals surface area contributed by atoms with E-state index in [1.165, 1.54) is 18.7 Å². The van der Waals surface area contributed by atoms with E-state index in [4.69, 9.17) is 21.1 Å². The minimum atomic E-state index is -0.958. The average molecular weight is 366 g/mol. The Labute approximate surface area is 150 Å². The molecule has 0 spiro atoms. The molecule has 0 bridgehead atoms. The maximum absolute atomic E-state index is 12.4. The Morgan fingerprint density at radius 2 is 2.00 bits per heavy atom. The molecule has 1 atom stereocenters. The van der Waals surface area contributed by atoms with Gasteiger partial charge in [0.15, 0.2) is 6.10 Å². The zero-order valence-electron chi connectivity index (χ0n) is 14.3. The highest BCUT2D eigenvalue weighted by Crippen LogP contribution is 2.24. The van der Waals surface area contributed by atoms with Gasteiger partial charge in [-0.15, -0.1) is 0 Å². The van der Waals surface area contributed by atoms with Gasteiger partial charge in [0.2, 0.25) is 0 Å². The molecular weight excluding hydrogens is 346 g/mol. The van der Waals surface area contributed by atoms with Crippen molar-refractivity contribution < 1.29 is 19.1 Å². The summed E-state index contributed by atoms with van der Waals surface area (Å²) in [6.07, 6.45) is -0.958. The molecule has 1 aromatic carbocycles. The van der Waals surface area contributed by atoms with Crippen LogP contribution in [0.5, 0.6) is 0 Å². The highest BCUT2D eigenvalue weighted by molar-refractivity contribution is 6.33. The minimum Gasteiger partial charge on any atom is -0.449 e. The number of aromatic nitrogens is 2. The highest BCUT2D eigenvalue weighted by Gasteiger charge is 2.26. The van der Waals surface area contributed by atoms with E-state index in [1.54, 1.807) is 6.92 Å². The van der Waals surface area contributed by atoms with Crippen LogP contribution in [0.4, 0.5) is 0 Å². The molecule has 1 N–H and O–H groups in total. The third kappa shape index (κ3) is 4.58. The number of nitrogens with one attached hydrogen (secondary N) is 1. The summed E-state index contributed by atoms with van der Waals surface area (Å²) in [6, 6.07) is 9.19. The van der Waals surface area contributed by atoms with Gasteiger partial charge >= 0.3 is 5.97 Å². The summed E-state index contributed by atoms with van der Waals surface area (Å²) in [5.41, 5.74) is 1.29. The van der Waals surface area contributed by atoms with Crippen LogP contribution in [-0.2, 0) is 14.3 Å². The molecule has 1 amide bonds. The standard InChI is InChI=1S/C17H20ClN3O4/c1-11-14(15(18)21(20-11)13-7-5-4-6-8-13)17(23)25-12(2)16(22)19-9-10-24-3/h4-8,12H,9-10H2,1-3H3,(H,19,22)/t12-/m1/s1. The average Bonchev–Trinajstić information content (AvgIpc) is 2.90. The summed E-state index contributed by atoms with van der Waals surface area (Å²) in [6.45, 7) is 3.86. The molecular formula is C17H20ClN3O4. The lowest BCUT2D eigenvalue weighted by atomic mass is 10.2. The molecule has 1 heterocycles. The number of methoxy groups -OCH3 is 1. The van der Waals surface area contributed by atoms with Gasteiger partial charge < -0.3 is 14.8 Å². The number of halogens is 1. The molecule has 25 heavy (non-hydrogen) atoms. The van der Waals surface area contributed by atoms with Crippen LogP contribution >= 0.6 is 11.6 Å². The van der Waals surface area contributed by atoms with Gasteiger partial charge in [-0.05, 0) is 26.0 Å². The number of ether oxygens (including phenoxy) is 2. The number of carbonyl (C=O) groups excluding carboxylic acids is 2. The van der Waals surface area contributed by atoms with Crippen LogP contribution in [0.2, 0.25) is 5.15 Å². The normalized spacial score (nSPS) is 11.8. The van der Waals surface area contributed by atoms with Gasteiger partial charge in [0.05, 0.1) is 18.0 Å². The van der Waals surface area contributed by atoms with E-state index in [0.717, 1.165) is 5.69 Å². The van der Waals surface area contributed by atoms with Gasteiger partial charge in [0.25, 0.3) is 5.91 Å². The van der Waals surface area contributed by atoms with Crippen molar-refractivity contribution in [1.29, 1.82) is 0 Å². The first-order valence-corrected chi connectivity index (χ1v) is 8.11. The molecule has 0 saturated carbocycles. The number of esters is 1. The lowest BCUT2D eigenvalue weighted by Crippen LogP contribution is -2.37. The van der Waals surface area contributed by atoms with Crippen molar-refractivity contribution in [2.24, 2.45) is 0 Å². The molecule has 7 nitrogen and oxygen atoms in total. The first-order valence-electron chi connectivity index (χ1n) is 7.74. The second-order valence-electron chi connectivity index (χ2n) is 5.33. The Bertz CT molecular complexity index is 746. The second kappa shape index (κ2) is 8.64. The Kier molecular flexibility index (Phi) is 6.55. The molecule has 0 radical (unpaired) electrons. The summed E-state index contributed by atoms with van der Waals surface area (Å²) < 4.78 is 11.5. The van der Waals surface area contributed by atoms with Gasteiger partial charge in [0, 0.05) is 13.7 Å². The van der Waals surface area contributed by atoms with Crippen LogP contribution in [0.1, 0.15) is 23.0 Å². The van der Waals surface area contributed by atoms with Gasteiger partial charge in [-0.1, -0.05) is 29.8 Å². The van der Waals surface area contributed by atoms with Crippen LogP contribution in [-0.4, -0.2) is 48.0 Å². The molecule has 134 valence electrons. The van der Waals surface area contributed by atoms with Gasteiger partial charge in [-0.25, -0.2) is 9.48 Å². The van der Waals surface area contributed by atoms with E-state index in [9.17, 15) is 9.59 Å². The Balaban J connectivity index is 2.12. The van der Waals surface area contributed by atoms with E-state index in [-0.39, 0.29) is 10.7 Å². The summed E-state index contributed by atoms with van der Waals surface area (Å²) in [7, 11) is 1.53. The first-order chi connectivity index (χ1) is 12.0. The van der Waals surface area contributed by atoms with Crippen molar-refractivity contribution in [3.05, 3.63) is 46.7 Å². The SMILES string of the molecule is COCCNC(=O)[C@@H](C)OC(=O)c1c(C)nn(-c2ccccc2)c1Cl. The largest absolute Gasteiger partial charge is 0.449 e. The predicted molar refractivity (Wildman–Crippen MR) is 93.1 cm³/mol. The molecule has 0 unspecified atom stereocenters. The summed E-state index contributed by atoms with van der Waals surface area (Å²) in [5, 5.41) is 7.03. The number of para-hydroxylation sites is 1. The van der Waals surface area contributed by atoms with Gasteiger partial charge in [0.1, 0.15) is 10.7 Å². The quantitative estimate of drug-likeness (QED) is 0.600. The topological polar surface area (TPSA) is 82.4 Å². The predicted octanol–water partition coefficient (Wildman–Crippen LogP) is 2.14. The van der Waals surface area contributed by atoms with E-state index in [0.29, 0.717) is 18.8 Å². The van der Waals surface area contributed by atoms with E-state index < -0.39 is 18.0 Å². The molecule has 0 saturated heterocycles. The molecule has 2 aromatic rings.